The van der Waals surface area contributed by atoms with Crippen LogP contribution in [0.4, 0.5) is 0 Å². The van der Waals surface area contributed by atoms with Crippen LogP contribution in [0, 0.1) is 0 Å². The van der Waals surface area contributed by atoms with E-state index < -0.39 is 18.1 Å². The number of para-hydroxylation sites is 3. The summed E-state index contributed by atoms with van der Waals surface area (Å²) in [5.41, 5.74) is 8.14. The van der Waals surface area contributed by atoms with Gasteiger partial charge in [-0.15, -0.1) is 0 Å². The Morgan fingerprint density at radius 1 is 0.439 bits per heavy atom. The van der Waals surface area contributed by atoms with Crippen molar-refractivity contribution in [1.82, 2.24) is 24.1 Å². The summed E-state index contributed by atoms with van der Waals surface area (Å²) < 4.78 is 54.4. The van der Waals surface area contributed by atoms with E-state index in [0.717, 1.165) is 65.7 Å². The minimum Gasteiger partial charge on any atom is -0.456 e. The van der Waals surface area contributed by atoms with Gasteiger partial charge in [0, 0.05) is 49.1 Å². The molecule has 4 aromatic heterocycles. The number of benzene rings is 8. The highest BCUT2D eigenvalue weighted by Gasteiger charge is 2.24. The largest absolute Gasteiger partial charge is 0.456 e. The highest BCUT2D eigenvalue weighted by atomic mass is 16.3. The van der Waals surface area contributed by atoms with Gasteiger partial charge in [-0.1, -0.05) is 146 Å². The smallest absolute Gasteiger partial charge is 0.238 e. The molecule has 57 heavy (non-hydrogen) atoms. The molecule has 0 aliphatic carbocycles. The number of fused-ring (bicyclic) bond motifs is 10. The predicted octanol–water partition coefficient (Wildman–Crippen LogP) is 13.0. The molecule has 12 aromatic rings. The molecule has 0 saturated carbocycles. The SMILES string of the molecule is [2H]c1c([2H])c([2H])c(-n2c3ccccc3c3ccc4c5ccccc5n(-c5nc(-c6ccccc6)nc(-c6ccc7c(c6)oc6cccc(-c8ccccc8)c67)n5)c4c32)c([2H])c1[2H]. The Balaban J connectivity index is 1.18. The molecule has 6 heteroatoms. The second-order valence-electron chi connectivity index (χ2n) is 14.0. The molecule has 12 rings (SSSR count). The van der Waals surface area contributed by atoms with Crippen molar-refractivity contribution in [2.24, 2.45) is 0 Å². The van der Waals surface area contributed by atoms with Crippen molar-refractivity contribution < 1.29 is 11.3 Å². The van der Waals surface area contributed by atoms with Gasteiger partial charge in [-0.3, -0.25) is 4.57 Å². The molecule has 0 spiro atoms. The van der Waals surface area contributed by atoms with Crippen LogP contribution in [0.1, 0.15) is 6.85 Å². The molecule has 4 heterocycles. The lowest BCUT2D eigenvalue weighted by Gasteiger charge is -2.13. The standard InChI is InChI=1S/C51H31N5O/c1-4-15-32(16-5-1)36-23-14-26-44-46(36)41-28-27-34(31-45(41)57-44)50-52-49(33-17-6-2-7-18-33)53-51(54-50)56-43-25-13-11-22-38(43)40-30-29-39-37-21-10-12-24-42(37)55(47(39)48(40)56)35-19-8-3-9-20-35/h1-31H/i3D,8D,9D,19D,20D. The van der Waals surface area contributed by atoms with Gasteiger partial charge in [-0.25, -0.2) is 4.98 Å². The Labute approximate surface area is 333 Å². The monoisotopic (exact) mass is 734 g/mol. The van der Waals surface area contributed by atoms with Gasteiger partial charge >= 0.3 is 0 Å². The Morgan fingerprint density at radius 2 is 1.04 bits per heavy atom. The number of hydrogen-bond acceptors (Lipinski definition) is 4. The molecule has 0 aliphatic rings. The van der Waals surface area contributed by atoms with Crippen LogP contribution in [0.2, 0.25) is 0 Å². The predicted molar refractivity (Wildman–Crippen MR) is 232 cm³/mol. The van der Waals surface area contributed by atoms with Gasteiger partial charge in [-0.05, 0) is 53.5 Å². The fraction of sp³-hybridized carbons (Fsp3) is 0. The molecule has 0 amide bonds. The van der Waals surface area contributed by atoms with Gasteiger partial charge in [-0.2, -0.15) is 9.97 Å². The molecule has 266 valence electrons. The molecule has 0 bridgehead atoms. The van der Waals surface area contributed by atoms with Crippen molar-refractivity contribution in [2.45, 2.75) is 0 Å². The first-order valence-corrected chi connectivity index (χ1v) is 18.7. The molecule has 6 nitrogen and oxygen atoms in total. The van der Waals surface area contributed by atoms with Crippen LogP contribution in [0.5, 0.6) is 0 Å². The highest BCUT2D eigenvalue weighted by Crippen LogP contribution is 2.42. The molecular weight excluding hydrogens is 699 g/mol. The summed E-state index contributed by atoms with van der Waals surface area (Å²) in [6, 6.07) is 50.3. The first-order chi connectivity index (χ1) is 30.4. The highest BCUT2D eigenvalue weighted by molar-refractivity contribution is 6.23. The van der Waals surface area contributed by atoms with Crippen LogP contribution in [0.25, 0.3) is 111 Å². The lowest BCUT2D eigenvalue weighted by Crippen LogP contribution is -2.07. The first kappa shape index (κ1) is 26.9. The zero-order chi connectivity index (χ0) is 41.8. The lowest BCUT2D eigenvalue weighted by atomic mass is 9.99. The van der Waals surface area contributed by atoms with Gasteiger partial charge < -0.3 is 8.98 Å². The van der Waals surface area contributed by atoms with Gasteiger partial charge in [0.15, 0.2) is 11.6 Å². The summed E-state index contributed by atoms with van der Waals surface area (Å²) >= 11 is 0. The van der Waals surface area contributed by atoms with E-state index in [9.17, 15) is 0 Å². The average molecular weight is 735 g/mol. The summed E-state index contributed by atoms with van der Waals surface area (Å²) in [6.45, 7) is 0. The van der Waals surface area contributed by atoms with Gasteiger partial charge in [0.05, 0.1) is 28.9 Å². The van der Waals surface area contributed by atoms with Gasteiger partial charge in [0.2, 0.25) is 5.95 Å². The zero-order valence-electron chi connectivity index (χ0n) is 35.2. The van der Waals surface area contributed by atoms with Crippen molar-refractivity contribution in [3.63, 3.8) is 0 Å². The second-order valence-corrected chi connectivity index (χ2v) is 14.0. The lowest BCUT2D eigenvalue weighted by molar-refractivity contribution is 0.669. The summed E-state index contributed by atoms with van der Waals surface area (Å²) in [5, 5.41) is 5.53. The molecular formula is C51H31N5O. The maximum Gasteiger partial charge on any atom is 0.238 e. The number of hydrogen-bond donors (Lipinski definition) is 0. The van der Waals surface area contributed by atoms with E-state index in [-0.39, 0.29) is 17.8 Å². The summed E-state index contributed by atoms with van der Waals surface area (Å²) in [7, 11) is 0. The first-order valence-electron chi connectivity index (χ1n) is 21.2. The summed E-state index contributed by atoms with van der Waals surface area (Å²) in [5.74, 6) is 1.25. The van der Waals surface area contributed by atoms with Gasteiger partial charge in [0.1, 0.15) is 11.2 Å². The number of aromatic nitrogens is 5. The van der Waals surface area contributed by atoms with E-state index in [4.69, 9.17) is 26.2 Å². The third-order valence-electron chi connectivity index (χ3n) is 10.9. The Bertz CT molecular complexity index is 3790. The maximum absolute atomic E-state index is 9.15. The molecule has 0 N–H and O–H groups in total. The molecule has 0 radical (unpaired) electrons. The molecule has 0 fully saturated rings. The van der Waals surface area contributed by atoms with Crippen LogP contribution < -0.4 is 0 Å². The van der Waals surface area contributed by atoms with E-state index >= 15 is 0 Å². The van der Waals surface area contributed by atoms with Crippen molar-refractivity contribution in [3.05, 3.63) is 188 Å². The number of furan rings is 1. The fourth-order valence-corrected chi connectivity index (χ4v) is 8.43. The van der Waals surface area contributed by atoms with E-state index in [2.05, 4.69) is 36.4 Å². The van der Waals surface area contributed by atoms with Crippen molar-refractivity contribution >= 4 is 65.6 Å². The summed E-state index contributed by atoms with van der Waals surface area (Å²) in [6.07, 6.45) is 0. The zero-order valence-corrected chi connectivity index (χ0v) is 30.2. The minimum absolute atomic E-state index is 0.0578. The Kier molecular flexibility index (Phi) is 5.82. The molecule has 0 aliphatic heterocycles. The Morgan fingerprint density at radius 3 is 1.75 bits per heavy atom. The van der Waals surface area contributed by atoms with E-state index in [1.165, 1.54) is 0 Å². The number of nitrogens with zero attached hydrogens (tertiary/aromatic N) is 5. The van der Waals surface area contributed by atoms with Crippen molar-refractivity contribution in [2.75, 3.05) is 0 Å². The van der Waals surface area contributed by atoms with Crippen LogP contribution >= 0.6 is 0 Å². The molecule has 0 saturated heterocycles. The van der Waals surface area contributed by atoms with Crippen molar-refractivity contribution in [3.8, 4) is 45.5 Å². The van der Waals surface area contributed by atoms with Crippen LogP contribution in [-0.2, 0) is 0 Å². The second kappa shape index (κ2) is 12.3. The topological polar surface area (TPSA) is 61.7 Å². The van der Waals surface area contributed by atoms with Crippen LogP contribution in [0.3, 0.4) is 0 Å². The minimum atomic E-state index is -0.451. The maximum atomic E-state index is 9.15. The van der Waals surface area contributed by atoms with E-state index in [0.29, 0.717) is 39.7 Å². The van der Waals surface area contributed by atoms with Gasteiger partial charge in [0.25, 0.3) is 0 Å². The van der Waals surface area contributed by atoms with E-state index in [1.54, 1.807) is 0 Å². The van der Waals surface area contributed by atoms with Crippen LogP contribution in [0.15, 0.2) is 192 Å². The third-order valence-corrected chi connectivity index (χ3v) is 10.9. The quantitative estimate of drug-likeness (QED) is 0.177. The Hall–Kier alpha value is -7.83. The fourth-order valence-electron chi connectivity index (χ4n) is 8.43. The number of rotatable bonds is 5. The average Bonchev–Trinajstić information content (AvgIpc) is 3.98. The normalized spacial score (nSPS) is 13.1. The molecule has 0 atom stereocenters. The van der Waals surface area contributed by atoms with E-state index in [1.807, 2.05) is 130 Å². The van der Waals surface area contributed by atoms with Crippen LogP contribution in [-0.4, -0.2) is 24.1 Å². The molecule has 0 unspecified atom stereocenters. The van der Waals surface area contributed by atoms with Crippen molar-refractivity contribution in [1.29, 1.82) is 0 Å². The molecule has 8 aromatic carbocycles. The summed E-state index contributed by atoms with van der Waals surface area (Å²) in [4.78, 5) is 15.6. The third kappa shape index (κ3) is 4.81.